The van der Waals surface area contributed by atoms with Crippen LogP contribution in [-0.4, -0.2) is 39.5 Å². The summed E-state index contributed by atoms with van der Waals surface area (Å²) in [6.07, 6.45) is -0.184. The van der Waals surface area contributed by atoms with Gasteiger partial charge in [0.2, 0.25) is 0 Å². The van der Waals surface area contributed by atoms with Gasteiger partial charge in [-0.15, -0.1) is 15.3 Å². The minimum absolute atomic E-state index is 0.105. The fourth-order valence-corrected chi connectivity index (χ4v) is 3.02. The summed E-state index contributed by atoms with van der Waals surface area (Å²) >= 11 is 5.88. The predicted molar refractivity (Wildman–Crippen MR) is 87.8 cm³/mol. The molecule has 124 valence electrons. The lowest BCUT2D eigenvalue weighted by molar-refractivity contribution is 0.0394. The van der Waals surface area contributed by atoms with E-state index in [1.54, 1.807) is 16.6 Å². The number of rotatable bonds is 2. The van der Waals surface area contributed by atoms with Gasteiger partial charge in [0.15, 0.2) is 11.5 Å². The van der Waals surface area contributed by atoms with E-state index in [9.17, 15) is 4.39 Å². The number of aryl methyl sites for hydroxylation is 1. The van der Waals surface area contributed by atoms with Crippen molar-refractivity contribution >= 4 is 23.1 Å². The average molecular weight is 348 g/mol. The van der Waals surface area contributed by atoms with Crippen LogP contribution in [0.2, 0.25) is 5.02 Å². The quantitative estimate of drug-likeness (QED) is 0.713. The minimum atomic E-state index is -0.428. The zero-order valence-electron chi connectivity index (χ0n) is 13.0. The molecule has 0 saturated carbocycles. The monoisotopic (exact) mass is 347 g/mol. The molecule has 1 fully saturated rings. The summed E-state index contributed by atoms with van der Waals surface area (Å²) in [7, 11) is 0. The number of halogens is 2. The summed E-state index contributed by atoms with van der Waals surface area (Å²) in [5.41, 5.74) is 1.57. The summed E-state index contributed by atoms with van der Waals surface area (Å²) in [6, 6.07) is 8.50. The molecular formula is C16H15ClFN5O. The first-order valence-corrected chi connectivity index (χ1v) is 8.00. The van der Waals surface area contributed by atoms with E-state index >= 15 is 0 Å². The van der Waals surface area contributed by atoms with E-state index in [4.69, 9.17) is 16.3 Å². The fraction of sp³-hybridized carbons (Fsp3) is 0.312. The molecule has 0 spiro atoms. The molecule has 24 heavy (non-hydrogen) atoms. The van der Waals surface area contributed by atoms with E-state index in [1.165, 1.54) is 6.07 Å². The maximum atomic E-state index is 13.4. The van der Waals surface area contributed by atoms with Crippen LogP contribution < -0.4 is 4.90 Å². The predicted octanol–water partition coefficient (Wildman–Crippen LogP) is 2.80. The van der Waals surface area contributed by atoms with Gasteiger partial charge in [-0.1, -0.05) is 17.7 Å². The molecule has 1 atom stereocenters. The first-order valence-electron chi connectivity index (χ1n) is 7.62. The van der Waals surface area contributed by atoms with Crippen LogP contribution in [0.25, 0.3) is 5.65 Å². The second kappa shape index (κ2) is 5.99. The molecule has 2 aromatic heterocycles. The second-order valence-corrected chi connectivity index (χ2v) is 6.09. The highest BCUT2D eigenvalue weighted by atomic mass is 35.5. The summed E-state index contributed by atoms with van der Waals surface area (Å²) < 4.78 is 20.9. The lowest BCUT2D eigenvalue weighted by Gasteiger charge is -2.33. The van der Waals surface area contributed by atoms with E-state index in [2.05, 4.69) is 20.2 Å². The Morgan fingerprint density at radius 1 is 1.25 bits per heavy atom. The highest BCUT2D eigenvalue weighted by Gasteiger charge is 2.24. The third kappa shape index (κ3) is 2.70. The summed E-state index contributed by atoms with van der Waals surface area (Å²) in [5.74, 6) is 1.14. The zero-order valence-corrected chi connectivity index (χ0v) is 13.7. The molecule has 1 aromatic carbocycles. The van der Waals surface area contributed by atoms with Crippen LogP contribution in [0.4, 0.5) is 10.2 Å². The number of nitrogens with zero attached hydrogens (tertiary/aromatic N) is 5. The van der Waals surface area contributed by atoms with Gasteiger partial charge in [-0.2, -0.15) is 4.52 Å². The Bertz CT molecular complexity index is 899. The van der Waals surface area contributed by atoms with Crippen LogP contribution >= 0.6 is 11.6 Å². The van der Waals surface area contributed by atoms with Crippen molar-refractivity contribution < 1.29 is 9.13 Å². The van der Waals surface area contributed by atoms with Gasteiger partial charge in [0.1, 0.15) is 17.7 Å². The van der Waals surface area contributed by atoms with Crippen molar-refractivity contribution in [2.24, 2.45) is 0 Å². The molecule has 1 saturated heterocycles. The molecule has 3 aromatic rings. The standard InChI is InChI=1S/C16H15ClFN5O/c1-10-19-20-15-4-5-16(21-23(10)15)22-6-7-24-14(9-22)11-2-3-13(18)12(17)8-11/h2-5,8,14H,6-7,9H2,1H3. The highest BCUT2D eigenvalue weighted by Crippen LogP contribution is 2.28. The number of fused-ring (bicyclic) bond motifs is 1. The van der Waals surface area contributed by atoms with Gasteiger partial charge in [0, 0.05) is 13.1 Å². The number of anilines is 1. The highest BCUT2D eigenvalue weighted by molar-refractivity contribution is 6.30. The molecule has 1 unspecified atom stereocenters. The molecule has 0 radical (unpaired) electrons. The molecular weight excluding hydrogens is 333 g/mol. The molecule has 0 bridgehead atoms. The zero-order chi connectivity index (χ0) is 16.7. The van der Waals surface area contributed by atoms with Crippen LogP contribution in [0.15, 0.2) is 30.3 Å². The number of hydrogen-bond acceptors (Lipinski definition) is 5. The Kier molecular flexibility index (Phi) is 3.82. The van der Waals surface area contributed by atoms with Crippen LogP contribution in [0.5, 0.6) is 0 Å². The van der Waals surface area contributed by atoms with Gasteiger partial charge in [-0.25, -0.2) is 4.39 Å². The van der Waals surface area contributed by atoms with Gasteiger partial charge in [0.05, 0.1) is 11.6 Å². The fourth-order valence-electron chi connectivity index (χ4n) is 2.83. The van der Waals surface area contributed by atoms with Crippen molar-refractivity contribution in [1.82, 2.24) is 19.8 Å². The third-order valence-corrected chi connectivity index (χ3v) is 4.40. The van der Waals surface area contributed by atoms with Gasteiger partial charge in [-0.05, 0) is 36.8 Å². The smallest absolute Gasteiger partial charge is 0.178 e. The number of ether oxygens (including phenoxy) is 1. The lowest BCUT2D eigenvalue weighted by atomic mass is 10.1. The lowest BCUT2D eigenvalue weighted by Crippen LogP contribution is -2.39. The molecule has 0 aliphatic carbocycles. The normalized spacial score (nSPS) is 18.3. The van der Waals surface area contributed by atoms with Crippen molar-refractivity contribution in [3.63, 3.8) is 0 Å². The van der Waals surface area contributed by atoms with E-state index in [1.807, 2.05) is 19.1 Å². The summed E-state index contributed by atoms with van der Waals surface area (Å²) in [5, 5.41) is 12.8. The van der Waals surface area contributed by atoms with E-state index in [0.29, 0.717) is 18.8 Å². The van der Waals surface area contributed by atoms with Crippen LogP contribution in [0.3, 0.4) is 0 Å². The van der Waals surface area contributed by atoms with Crippen LogP contribution in [0, 0.1) is 12.7 Å². The molecule has 6 nitrogen and oxygen atoms in total. The third-order valence-electron chi connectivity index (χ3n) is 4.11. The number of morpholine rings is 1. The van der Waals surface area contributed by atoms with E-state index < -0.39 is 5.82 Å². The maximum Gasteiger partial charge on any atom is 0.178 e. The summed E-state index contributed by atoms with van der Waals surface area (Å²) in [6.45, 7) is 3.76. The van der Waals surface area contributed by atoms with Crippen molar-refractivity contribution in [3.05, 3.63) is 52.6 Å². The Hall–Kier alpha value is -2.25. The SMILES string of the molecule is Cc1nnc2ccc(N3CCOC(c4ccc(F)c(Cl)c4)C3)nn12. The molecule has 0 amide bonds. The Balaban J connectivity index is 1.61. The van der Waals surface area contributed by atoms with E-state index in [-0.39, 0.29) is 11.1 Å². The maximum absolute atomic E-state index is 13.4. The molecule has 0 N–H and O–H groups in total. The first-order chi connectivity index (χ1) is 11.6. The molecule has 8 heteroatoms. The van der Waals surface area contributed by atoms with Crippen molar-refractivity contribution in [2.45, 2.75) is 13.0 Å². The van der Waals surface area contributed by atoms with Crippen LogP contribution in [-0.2, 0) is 4.74 Å². The van der Waals surface area contributed by atoms with Crippen molar-refractivity contribution in [3.8, 4) is 0 Å². The Morgan fingerprint density at radius 3 is 2.96 bits per heavy atom. The second-order valence-electron chi connectivity index (χ2n) is 5.69. The van der Waals surface area contributed by atoms with Crippen molar-refractivity contribution in [2.75, 3.05) is 24.6 Å². The topological polar surface area (TPSA) is 55.5 Å². The van der Waals surface area contributed by atoms with Gasteiger partial charge < -0.3 is 9.64 Å². The summed E-state index contributed by atoms with van der Waals surface area (Å²) in [4.78, 5) is 2.13. The minimum Gasteiger partial charge on any atom is -0.370 e. The number of hydrogen-bond donors (Lipinski definition) is 0. The van der Waals surface area contributed by atoms with Gasteiger partial charge in [0.25, 0.3) is 0 Å². The molecule has 3 heterocycles. The van der Waals surface area contributed by atoms with E-state index in [0.717, 1.165) is 23.8 Å². The number of aromatic nitrogens is 4. The largest absolute Gasteiger partial charge is 0.370 e. The van der Waals surface area contributed by atoms with Crippen LogP contribution in [0.1, 0.15) is 17.5 Å². The molecule has 4 rings (SSSR count). The van der Waals surface area contributed by atoms with Gasteiger partial charge >= 0.3 is 0 Å². The Morgan fingerprint density at radius 2 is 2.12 bits per heavy atom. The average Bonchev–Trinajstić information content (AvgIpc) is 2.98. The Labute approximate surface area is 142 Å². The first kappa shape index (κ1) is 15.3. The molecule has 1 aliphatic heterocycles. The van der Waals surface area contributed by atoms with Crippen molar-refractivity contribution in [1.29, 1.82) is 0 Å². The van der Waals surface area contributed by atoms with Gasteiger partial charge in [-0.3, -0.25) is 0 Å². The molecule has 1 aliphatic rings. The number of benzene rings is 1.